The Labute approximate surface area is 132 Å². The van der Waals surface area contributed by atoms with Crippen molar-refractivity contribution in [3.8, 4) is 5.75 Å². The SMILES string of the molecule is O=C(NCCn1cc(C(=O)O)nn1)c1ccc(I)c(O)c1. The van der Waals surface area contributed by atoms with E-state index >= 15 is 0 Å². The molecule has 0 radical (unpaired) electrons. The third-order valence-corrected chi connectivity index (χ3v) is 3.50. The van der Waals surface area contributed by atoms with Gasteiger partial charge in [0.2, 0.25) is 0 Å². The fraction of sp³-hybridized carbons (Fsp3) is 0.167. The molecule has 9 heteroatoms. The van der Waals surface area contributed by atoms with Crippen molar-refractivity contribution in [1.29, 1.82) is 0 Å². The number of nitrogens with zero attached hydrogens (tertiary/aromatic N) is 3. The number of carbonyl (C=O) groups excluding carboxylic acids is 1. The average molecular weight is 402 g/mol. The van der Waals surface area contributed by atoms with Crippen LogP contribution in [-0.4, -0.2) is 43.6 Å². The number of phenols is 1. The fourth-order valence-electron chi connectivity index (χ4n) is 1.55. The van der Waals surface area contributed by atoms with Gasteiger partial charge < -0.3 is 15.5 Å². The molecule has 0 fully saturated rings. The highest BCUT2D eigenvalue weighted by Gasteiger charge is 2.10. The molecule has 21 heavy (non-hydrogen) atoms. The molecule has 1 aromatic heterocycles. The second kappa shape index (κ2) is 6.52. The quantitative estimate of drug-likeness (QED) is 0.635. The second-order valence-electron chi connectivity index (χ2n) is 4.09. The number of carboxylic acids is 1. The second-order valence-corrected chi connectivity index (χ2v) is 5.26. The zero-order chi connectivity index (χ0) is 15.4. The van der Waals surface area contributed by atoms with E-state index in [2.05, 4.69) is 15.6 Å². The summed E-state index contributed by atoms with van der Waals surface area (Å²) in [5.41, 5.74) is 0.196. The van der Waals surface area contributed by atoms with E-state index in [1.54, 1.807) is 12.1 Å². The third kappa shape index (κ3) is 3.90. The number of rotatable bonds is 5. The highest BCUT2D eigenvalue weighted by Crippen LogP contribution is 2.20. The van der Waals surface area contributed by atoms with E-state index in [0.717, 1.165) is 0 Å². The zero-order valence-electron chi connectivity index (χ0n) is 10.7. The van der Waals surface area contributed by atoms with Gasteiger partial charge in [0.15, 0.2) is 5.69 Å². The Bertz CT molecular complexity index is 686. The van der Waals surface area contributed by atoms with Crippen LogP contribution in [0.25, 0.3) is 0 Å². The summed E-state index contributed by atoms with van der Waals surface area (Å²) in [5, 5.41) is 28.0. The lowest BCUT2D eigenvalue weighted by Gasteiger charge is -2.06. The van der Waals surface area contributed by atoms with Gasteiger partial charge in [-0.1, -0.05) is 5.21 Å². The maximum Gasteiger partial charge on any atom is 0.358 e. The molecule has 0 saturated carbocycles. The molecule has 0 unspecified atom stereocenters. The minimum absolute atomic E-state index is 0.0469. The molecule has 1 heterocycles. The molecule has 0 atom stereocenters. The van der Waals surface area contributed by atoms with E-state index in [0.29, 0.717) is 15.7 Å². The average Bonchev–Trinajstić information content (AvgIpc) is 2.91. The summed E-state index contributed by atoms with van der Waals surface area (Å²) < 4.78 is 1.99. The lowest BCUT2D eigenvalue weighted by Crippen LogP contribution is -2.27. The van der Waals surface area contributed by atoms with Gasteiger partial charge in [0.05, 0.1) is 16.3 Å². The van der Waals surface area contributed by atoms with Crippen molar-refractivity contribution < 1.29 is 19.8 Å². The number of phenolic OH excluding ortho intramolecular Hbond substituents is 1. The minimum atomic E-state index is -1.15. The molecule has 110 valence electrons. The Kier molecular flexibility index (Phi) is 4.73. The molecule has 1 amide bonds. The van der Waals surface area contributed by atoms with E-state index in [9.17, 15) is 14.7 Å². The molecule has 0 aliphatic carbocycles. The van der Waals surface area contributed by atoms with E-state index in [4.69, 9.17) is 5.11 Å². The first-order valence-corrected chi connectivity index (χ1v) is 6.95. The first-order chi connectivity index (χ1) is 9.97. The molecule has 2 rings (SSSR count). The number of benzene rings is 1. The first kappa shape index (κ1) is 15.2. The Hall–Kier alpha value is -2.17. The standard InChI is InChI=1S/C12H11IN4O4/c13-8-2-1-7(5-10(8)18)11(19)14-3-4-17-6-9(12(20)21)15-16-17/h1-2,5-6,18H,3-4H2,(H,14,19)(H,20,21). The van der Waals surface area contributed by atoms with Crippen LogP contribution >= 0.6 is 22.6 Å². The zero-order valence-corrected chi connectivity index (χ0v) is 12.8. The molecule has 3 N–H and O–H groups in total. The number of halogens is 1. The monoisotopic (exact) mass is 402 g/mol. The Morgan fingerprint density at radius 2 is 2.14 bits per heavy atom. The normalized spacial score (nSPS) is 10.3. The van der Waals surface area contributed by atoms with E-state index in [1.165, 1.54) is 16.9 Å². The molecule has 2 aromatic rings. The molecule has 0 bridgehead atoms. The van der Waals surface area contributed by atoms with Gasteiger partial charge in [-0.05, 0) is 40.8 Å². The van der Waals surface area contributed by atoms with Crippen molar-refractivity contribution in [3.63, 3.8) is 0 Å². The van der Waals surface area contributed by atoms with Crippen LogP contribution in [0.1, 0.15) is 20.8 Å². The van der Waals surface area contributed by atoms with Crippen LogP contribution in [0.3, 0.4) is 0 Å². The lowest BCUT2D eigenvalue weighted by molar-refractivity contribution is 0.0690. The van der Waals surface area contributed by atoms with Crippen molar-refractivity contribution in [2.24, 2.45) is 0 Å². The van der Waals surface area contributed by atoms with Gasteiger partial charge in [0.25, 0.3) is 5.91 Å². The van der Waals surface area contributed by atoms with Crippen molar-refractivity contribution in [3.05, 3.63) is 39.2 Å². The highest BCUT2D eigenvalue weighted by atomic mass is 127. The van der Waals surface area contributed by atoms with Gasteiger partial charge in [0.1, 0.15) is 5.75 Å². The molecular weight excluding hydrogens is 391 g/mol. The van der Waals surface area contributed by atoms with E-state index in [1.807, 2.05) is 22.6 Å². The Balaban J connectivity index is 1.88. The molecular formula is C12H11IN4O4. The number of aromatic nitrogens is 3. The van der Waals surface area contributed by atoms with Crippen LogP contribution in [0, 0.1) is 3.57 Å². The summed E-state index contributed by atoms with van der Waals surface area (Å²) in [6, 6.07) is 4.63. The summed E-state index contributed by atoms with van der Waals surface area (Å²) in [5.74, 6) is -1.44. The molecule has 1 aromatic carbocycles. The Morgan fingerprint density at radius 1 is 1.38 bits per heavy atom. The van der Waals surface area contributed by atoms with Gasteiger partial charge in [-0.15, -0.1) is 5.10 Å². The predicted molar refractivity (Wildman–Crippen MR) is 80.1 cm³/mol. The largest absolute Gasteiger partial charge is 0.507 e. The van der Waals surface area contributed by atoms with Crippen LogP contribution in [-0.2, 0) is 6.54 Å². The Morgan fingerprint density at radius 3 is 2.76 bits per heavy atom. The topological polar surface area (TPSA) is 117 Å². The van der Waals surface area contributed by atoms with Gasteiger partial charge in [0, 0.05) is 12.1 Å². The summed E-state index contributed by atoms with van der Waals surface area (Å²) in [6.07, 6.45) is 1.28. The van der Waals surface area contributed by atoms with Crippen molar-refractivity contribution in [1.82, 2.24) is 20.3 Å². The first-order valence-electron chi connectivity index (χ1n) is 5.87. The molecule has 0 spiro atoms. The number of hydrogen-bond donors (Lipinski definition) is 3. The van der Waals surface area contributed by atoms with Gasteiger partial charge in [-0.3, -0.25) is 4.79 Å². The van der Waals surface area contributed by atoms with Crippen LogP contribution in [0.5, 0.6) is 5.75 Å². The molecule has 0 saturated heterocycles. The summed E-state index contributed by atoms with van der Waals surface area (Å²) in [4.78, 5) is 22.5. The number of nitrogens with one attached hydrogen (secondary N) is 1. The smallest absolute Gasteiger partial charge is 0.358 e. The minimum Gasteiger partial charge on any atom is -0.507 e. The van der Waals surface area contributed by atoms with Gasteiger partial charge in [-0.2, -0.15) is 0 Å². The summed E-state index contributed by atoms with van der Waals surface area (Å²) in [7, 11) is 0. The van der Waals surface area contributed by atoms with Crippen LogP contribution in [0.2, 0.25) is 0 Å². The molecule has 0 aliphatic heterocycles. The number of hydrogen-bond acceptors (Lipinski definition) is 5. The number of aromatic carboxylic acids is 1. The molecule has 8 nitrogen and oxygen atoms in total. The maximum atomic E-state index is 11.8. The predicted octanol–water partition coefficient (Wildman–Crippen LogP) is 0.716. The third-order valence-electron chi connectivity index (χ3n) is 2.59. The molecule has 0 aliphatic rings. The van der Waals surface area contributed by atoms with Gasteiger partial charge >= 0.3 is 5.97 Å². The van der Waals surface area contributed by atoms with Gasteiger partial charge in [-0.25, -0.2) is 9.48 Å². The van der Waals surface area contributed by atoms with Crippen molar-refractivity contribution in [2.45, 2.75) is 6.54 Å². The van der Waals surface area contributed by atoms with Crippen LogP contribution in [0.15, 0.2) is 24.4 Å². The van der Waals surface area contributed by atoms with Crippen molar-refractivity contribution in [2.75, 3.05) is 6.54 Å². The maximum absolute atomic E-state index is 11.8. The highest BCUT2D eigenvalue weighted by molar-refractivity contribution is 14.1. The number of carbonyl (C=O) groups is 2. The summed E-state index contributed by atoms with van der Waals surface area (Å²) in [6.45, 7) is 0.552. The van der Waals surface area contributed by atoms with Crippen molar-refractivity contribution >= 4 is 34.5 Å². The van der Waals surface area contributed by atoms with E-state index in [-0.39, 0.29) is 23.9 Å². The van der Waals surface area contributed by atoms with Crippen LogP contribution < -0.4 is 5.32 Å². The lowest BCUT2D eigenvalue weighted by atomic mass is 10.2. The number of amides is 1. The fourth-order valence-corrected chi connectivity index (χ4v) is 1.88. The summed E-state index contributed by atoms with van der Waals surface area (Å²) >= 11 is 1.96. The van der Waals surface area contributed by atoms with Crippen LogP contribution in [0.4, 0.5) is 0 Å². The number of carboxylic acid groups (broad SMARTS) is 1. The van der Waals surface area contributed by atoms with E-state index < -0.39 is 5.97 Å². The number of aromatic hydroxyl groups is 1.